The molecule has 1 saturated carbocycles. The maximum Gasteiger partial charge on any atom is 0.0694 e. The molecule has 1 heterocycles. The number of hydrogen-bond donors (Lipinski definition) is 2. The third-order valence-corrected chi connectivity index (χ3v) is 4.81. The molecule has 0 aliphatic heterocycles. The predicted molar refractivity (Wildman–Crippen MR) is 72.0 cm³/mol. The molecule has 1 atom stereocenters. The van der Waals surface area contributed by atoms with Crippen LogP contribution in [-0.4, -0.2) is 18.8 Å². The van der Waals surface area contributed by atoms with Gasteiger partial charge < -0.3 is 4.74 Å². The number of ether oxygens (including phenoxy) is 1. The quantitative estimate of drug-likeness (QED) is 0.580. The molecule has 4 heteroatoms. The van der Waals surface area contributed by atoms with Crippen molar-refractivity contribution in [2.45, 2.75) is 50.2 Å². The van der Waals surface area contributed by atoms with Crippen LogP contribution in [-0.2, 0) is 11.2 Å². The van der Waals surface area contributed by atoms with Gasteiger partial charge in [-0.2, -0.15) is 0 Å². The van der Waals surface area contributed by atoms with E-state index in [-0.39, 0.29) is 5.60 Å². The first-order valence-electron chi connectivity index (χ1n) is 6.32. The van der Waals surface area contributed by atoms with Gasteiger partial charge in [-0.15, -0.1) is 11.3 Å². The van der Waals surface area contributed by atoms with Gasteiger partial charge >= 0.3 is 0 Å². The summed E-state index contributed by atoms with van der Waals surface area (Å²) in [5.74, 6) is 5.65. The van der Waals surface area contributed by atoms with Crippen molar-refractivity contribution in [2.24, 2.45) is 5.84 Å². The summed E-state index contributed by atoms with van der Waals surface area (Å²) in [6.45, 7) is 0. The van der Waals surface area contributed by atoms with Crippen molar-refractivity contribution in [3.63, 3.8) is 0 Å². The van der Waals surface area contributed by atoms with E-state index in [0.717, 1.165) is 19.3 Å². The molecule has 0 radical (unpaired) electrons. The molecule has 3 N–H and O–H groups in total. The number of nitrogens with two attached hydrogens (primary N) is 1. The van der Waals surface area contributed by atoms with Gasteiger partial charge in [-0.05, 0) is 50.0 Å². The van der Waals surface area contributed by atoms with E-state index in [4.69, 9.17) is 10.6 Å². The SMILES string of the molecule is COC1(CC(CCc2cccs2)NN)CCC1. The van der Waals surface area contributed by atoms with Crippen LogP contribution in [0.25, 0.3) is 0 Å². The summed E-state index contributed by atoms with van der Waals surface area (Å²) >= 11 is 1.82. The highest BCUT2D eigenvalue weighted by atomic mass is 32.1. The van der Waals surface area contributed by atoms with Gasteiger partial charge in [0.2, 0.25) is 0 Å². The molecule has 3 nitrogen and oxygen atoms in total. The summed E-state index contributed by atoms with van der Waals surface area (Å²) in [5, 5.41) is 2.13. The van der Waals surface area contributed by atoms with Crippen LogP contribution in [0.4, 0.5) is 0 Å². The Hall–Kier alpha value is -0.420. The van der Waals surface area contributed by atoms with Crippen molar-refractivity contribution in [1.82, 2.24) is 5.43 Å². The lowest BCUT2D eigenvalue weighted by molar-refractivity contribution is -0.0838. The van der Waals surface area contributed by atoms with Crippen LogP contribution in [0.5, 0.6) is 0 Å². The molecule has 0 spiro atoms. The van der Waals surface area contributed by atoms with Crippen molar-refractivity contribution in [3.8, 4) is 0 Å². The second-order valence-corrected chi connectivity index (χ2v) is 5.96. The molecule has 1 aromatic rings. The first-order valence-corrected chi connectivity index (χ1v) is 7.20. The van der Waals surface area contributed by atoms with Gasteiger partial charge in [0.25, 0.3) is 0 Å². The fraction of sp³-hybridized carbons (Fsp3) is 0.692. The van der Waals surface area contributed by atoms with Crippen LogP contribution in [0.3, 0.4) is 0 Å². The van der Waals surface area contributed by atoms with E-state index in [1.165, 1.54) is 24.1 Å². The number of nitrogens with one attached hydrogen (secondary N) is 1. The number of aryl methyl sites for hydroxylation is 1. The molecular formula is C13H22N2OS. The van der Waals surface area contributed by atoms with Crippen molar-refractivity contribution < 1.29 is 4.74 Å². The molecule has 1 aromatic heterocycles. The van der Waals surface area contributed by atoms with E-state index in [9.17, 15) is 0 Å². The van der Waals surface area contributed by atoms with E-state index < -0.39 is 0 Å². The fourth-order valence-electron chi connectivity index (χ4n) is 2.53. The Morgan fingerprint density at radius 1 is 1.59 bits per heavy atom. The minimum absolute atomic E-state index is 0.104. The average molecular weight is 254 g/mol. The van der Waals surface area contributed by atoms with E-state index in [1.54, 1.807) is 0 Å². The standard InChI is InChI=1S/C13H22N2OS/c1-16-13(7-3-8-13)10-11(15-14)5-6-12-4-2-9-17-12/h2,4,9,11,15H,3,5-8,10,14H2,1H3. The van der Waals surface area contributed by atoms with Gasteiger partial charge in [-0.3, -0.25) is 11.3 Å². The molecule has 1 unspecified atom stereocenters. The molecule has 0 saturated heterocycles. The van der Waals surface area contributed by atoms with Crippen LogP contribution >= 0.6 is 11.3 Å². The van der Waals surface area contributed by atoms with E-state index in [1.807, 2.05) is 18.4 Å². The Morgan fingerprint density at radius 3 is 2.88 bits per heavy atom. The summed E-state index contributed by atoms with van der Waals surface area (Å²) < 4.78 is 5.65. The number of rotatable bonds is 7. The van der Waals surface area contributed by atoms with Gasteiger partial charge in [-0.25, -0.2) is 0 Å². The normalized spacial score (nSPS) is 19.9. The fourth-order valence-corrected chi connectivity index (χ4v) is 3.25. The maximum atomic E-state index is 5.65. The number of methoxy groups -OCH3 is 1. The predicted octanol–water partition coefficient (Wildman–Crippen LogP) is 2.47. The Bertz CT molecular complexity index is 317. The Morgan fingerprint density at radius 2 is 2.41 bits per heavy atom. The third-order valence-electron chi connectivity index (χ3n) is 3.87. The van der Waals surface area contributed by atoms with E-state index in [2.05, 4.69) is 22.9 Å². The summed E-state index contributed by atoms with van der Waals surface area (Å²) in [5.41, 5.74) is 3.05. The van der Waals surface area contributed by atoms with Crippen molar-refractivity contribution in [3.05, 3.63) is 22.4 Å². The largest absolute Gasteiger partial charge is 0.378 e. The van der Waals surface area contributed by atoms with Gasteiger partial charge in [0.15, 0.2) is 0 Å². The van der Waals surface area contributed by atoms with Gasteiger partial charge in [-0.1, -0.05) is 6.07 Å². The summed E-state index contributed by atoms with van der Waals surface area (Å²) in [6.07, 6.45) is 6.87. The van der Waals surface area contributed by atoms with E-state index >= 15 is 0 Å². The molecule has 0 aromatic carbocycles. The topological polar surface area (TPSA) is 47.3 Å². The average Bonchev–Trinajstić information content (AvgIpc) is 2.80. The molecule has 96 valence electrons. The number of thiophene rings is 1. The minimum atomic E-state index is 0.104. The molecule has 1 aliphatic carbocycles. The molecule has 1 aliphatic rings. The zero-order valence-electron chi connectivity index (χ0n) is 10.4. The van der Waals surface area contributed by atoms with Gasteiger partial charge in [0, 0.05) is 18.0 Å². The van der Waals surface area contributed by atoms with E-state index in [0.29, 0.717) is 6.04 Å². The highest BCUT2D eigenvalue weighted by molar-refractivity contribution is 7.09. The van der Waals surface area contributed by atoms with Crippen LogP contribution in [0.15, 0.2) is 17.5 Å². The second kappa shape index (κ2) is 5.96. The lowest BCUT2D eigenvalue weighted by atomic mass is 9.75. The van der Waals surface area contributed by atoms with Gasteiger partial charge in [0.05, 0.1) is 5.60 Å². The van der Waals surface area contributed by atoms with Crippen LogP contribution in [0.1, 0.15) is 37.0 Å². The molecule has 17 heavy (non-hydrogen) atoms. The Balaban J connectivity index is 1.80. The van der Waals surface area contributed by atoms with Crippen molar-refractivity contribution >= 4 is 11.3 Å². The number of hydrogen-bond acceptors (Lipinski definition) is 4. The summed E-state index contributed by atoms with van der Waals surface area (Å²) in [4.78, 5) is 1.44. The zero-order valence-corrected chi connectivity index (χ0v) is 11.3. The minimum Gasteiger partial charge on any atom is -0.378 e. The van der Waals surface area contributed by atoms with Crippen molar-refractivity contribution in [1.29, 1.82) is 0 Å². The zero-order chi connectivity index (χ0) is 12.1. The molecular weight excluding hydrogens is 232 g/mol. The Kier molecular flexibility index (Phi) is 4.56. The summed E-state index contributed by atoms with van der Waals surface area (Å²) in [7, 11) is 1.83. The first-order chi connectivity index (χ1) is 8.28. The Labute approximate surface area is 107 Å². The highest BCUT2D eigenvalue weighted by Gasteiger charge is 2.38. The molecule has 0 amide bonds. The summed E-state index contributed by atoms with van der Waals surface area (Å²) in [6, 6.07) is 4.65. The monoisotopic (exact) mass is 254 g/mol. The number of hydrazine groups is 1. The lowest BCUT2D eigenvalue weighted by Crippen LogP contribution is -2.47. The molecule has 1 fully saturated rings. The highest BCUT2D eigenvalue weighted by Crippen LogP contribution is 2.39. The lowest BCUT2D eigenvalue weighted by Gasteiger charge is -2.42. The van der Waals surface area contributed by atoms with Crippen LogP contribution < -0.4 is 11.3 Å². The molecule has 2 rings (SSSR count). The van der Waals surface area contributed by atoms with Gasteiger partial charge in [0.1, 0.15) is 0 Å². The second-order valence-electron chi connectivity index (χ2n) is 4.93. The maximum absolute atomic E-state index is 5.65. The molecule has 0 bridgehead atoms. The van der Waals surface area contributed by atoms with Crippen molar-refractivity contribution in [2.75, 3.05) is 7.11 Å². The van der Waals surface area contributed by atoms with Crippen LogP contribution in [0.2, 0.25) is 0 Å². The van der Waals surface area contributed by atoms with Crippen LogP contribution in [0, 0.1) is 0 Å². The first kappa shape index (κ1) is 13.0. The smallest absolute Gasteiger partial charge is 0.0694 e. The third kappa shape index (κ3) is 3.28.